The predicted octanol–water partition coefficient (Wildman–Crippen LogP) is 2.63. The molecule has 2 aliphatic heterocycles. The summed E-state index contributed by atoms with van der Waals surface area (Å²) in [5, 5.41) is 19.6. The number of anilines is 1. The lowest BCUT2D eigenvalue weighted by atomic mass is 9.94. The van der Waals surface area contributed by atoms with E-state index in [2.05, 4.69) is 21.3 Å². The van der Waals surface area contributed by atoms with Crippen LogP contribution in [-0.4, -0.2) is 62.7 Å². The SMILES string of the molecule is CS(=O)(=O)CCNC(=O)C1[C@H]2CN(C3=NN(c4ccc(C#N)c(Cl)c4)C(C4CCCC4)C3)C[C@@H]12. The van der Waals surface area contributed by atoms with E-state index in [1.165, 1.54) is 31.9 Å². The van der Waals surface area contributed by atoms with Gasteiger partial charge in [0.1, 0.15) is 21.7 Å². The van der Waals surface area contributed by atoms with Crippen LogP contribution in [0.5, 0.6) is 0 Å². The Morgan fingerprint density at radius 2 is 1.97 bits per heavy atom. The molecule has 1 aromatic carbocycles. The monoisotopic (exact) mass is 503 g/mol. The molecule has 5 rings (SSSR count). The van der Waals surface area contributed by atoms with E-state index >= 15 is 0 Å². The first kappa shape index (κ1) is 23.4. The van der Waals surface area contributed by atoms with Crippen molar-refractivity contribution in [3.05, 3.63) is 28.8 Å². The summed E-state index contributed by atoms with van der Waals surface area (Å²) in [4.78, 5) is 14.8. The quantitative estimate of drug-likeness (QED) is 0.639. The van der Waals surface area contributed by atoms with Gasteiger partial charge in [-0.05, 0) is 48.8 Å². The maximum Gasteiger partial charge on any atom is 0.223 e. The van der Waals surface area contributed by atoms with Gasteiger partial charge in [0.2, 0.25) is 5.91 Å². The third kappa shape index (κ3) is 4.63. The normalized spacial score (nSPS) is 28.6. The van der Waals surface area contributed by atoms with E-state index in [-0.39, 0.29) is 30.2 Å². The number of rotatable bonds is 6. The molecular weight excluding hydrogens is 474 g/mol. The fraction of sp³-hybridized carbons (Fsp3) is 0.625. The van der Waals surface area contributed by atoms with Gasteiger partial charge in [-0.3, -0.25) is 9.80 Å². The number of carbonyl (C=O) groups excluding carboxylic acids is 1. The van der Waals surface area contributed by atoms with Gasteiger partial charge in [-0.1, -0.05) is 24.4 Å². The van der Waals surface area contributed by atoms with Crippen LogP contribution in [0.3, 0.4) is 0 Å². The molecule has 1 N–H and O–H groups in total. The van der Waals surface area contributed by atoms with Crippen LogP contribution in [0, 0.1) is 35.0 Å². The van der Waals surface area contributed by atoms with Crippen molar-refractivity contribution >= 4 is 38.9 Å². The second-order valence-electron chi connectivity index (χ2n) is 10.1. The molecule has 2 heterocycles. The summed E-state index contributed by atoms with van der Waals surface area (Å²) in [5.41, 5.74) is 1.38. The van der Waals surface area contributed by atoms with Crippen molar-refractivity contribution in [3.8, 4) is 6.07 Å². The van der Waals surface area contributed by atoms with E-state index in [0.29, 0.717) is 28.3 Å². The van der Waals surface area contributed by atoms with Crippen molar-refractivity contribution < 1.29 is 13.2 Å². The highest BCUT2D eigenvalue weighted by molar-refractivity contribution is 7.90. The molecule has 4 atom stereocenters. The number of halogens is 1. The Bertz CT molecular complexity index is 1150. The topological polar surface area (TPSA) is 106 Å². The van der Waals surface area contributed by atoms with Crippen molar-refractivity contribution in [1.29, 1.82) is 5.26 Å². The Labute approximate surface area is 205 Å². The number of likely N-dealkylation sites (tertiary alicyclic amines) is 1. The molecule has 4 aliphatic rings. The molecule has 0 bridgehead atoms. The average molecular weight is 504 g/mol. The van der Waals surface area contributed by atoms with Crippen LogP contribution < -0.4 is 10.3 Å². The van der Waals surface area contributed by atoms with Gasteiger partial charge in [0.15, 0.2) is 0 Å². The summed E-state index contributed by atoms with van der Waals surface area (Å²) in [7, 11) is -3.08. The molecule has 2 saturated carbocycles. The van der Waals surface area contributed by atoms with Crippen LogP contribution in [0.15, 0.2) is 23.3 Å². The van der Waals surface area contributed by atoms with Gasteiger partial charge < -0.3 is 10.2 Å². The number of nitrogens with one attached hydrogen (secondary N) is 1. The van der Waals surface area contributed by atoms with Crippen LogP contribution in [0.4, 0.5) is 5.69 Å². The van der Waals surface area contributed by atoms with Crippen molar-refractivity contribution in [2.75, 3.05) is 36.7 Å². The van der Waals surface area contributed by atoms with Crippen molar-refractivity contribution in [2.45, 2.75) is 38.1 Å². The number of hydrazone groups is 1. The molecule has 1 aromatic rings. The zero-order valence-corrected chi connectivity index (χ0v) is 20.9. The first-order valence-electron chi connectivity index (χ1n) is 12.0. The number of hydrogen-bond donors (Lipinski definition) is 1. The smallest absolute Gasteiger partial charge is 0.223 e. The predicted molar refractivity (Wildman–Crippen MR) is 131 cm³/mol. The lowest BCUT2D eigenvalue weighted by Gasteiger charge is -2.28. The fourth-order valence-electron chi connectivity index (χ4n) is 6.00. The second-order valence-corrected chi connectivity index (χ2v) is 12.8. The molecule has 34 heavy (non-hydrogen) atoms. The number of fused-ring (bicyclic) bond motifs is 1. The van der Waals surface area contributed by atoms with Crippen molar-refractivity contribution in [1.82, 2.24) is 10.2 Å². The molecule has 1 saturated heterocycles. The number of piperidine rings is 1. The molecular formula is C24H30ClN5O3S. The Hall–Kier alpha value is -2.31. The van der Waals surface area contributed by atoms with Gasteiger partial charge in [-0.2, -0.15) is 10.4 Å². The minimum Gasteiger partial charge on any atom is -0.358 e. The summed E-state index contributed by atoms with van der Waals surface area (Å²) in [6.45, 7) is 1.80. The number of amides is 1. The number of benzene rings is 1. The van der Waals surface area contributed by atoms with Gasteiger partial charge in [0.25, 0.3) is 0 Å². The Morgan fingerprint density at radius 1 is 1.26 bits per heavy atom. The van der Waals surface area contributed by atoms with E-state index < -0.39 is 9.84 Å². The molecule has 3 fully saturated rings. The zero-order valence-electron chi connectivity index (χ0n) is 19.3. The fourth-order valence-corrected chi connectivity index (χ4v) is 6.69. The van der Waals surface area contributed by atoms with E-state index in [1.807, 2.05) is 12.1 Å². The van der Waals surface area contributed by atoms with E-state index in [9.17, 15) is 18.5 Å². The van der Waals surface area contributed by atoms with Crippen LogP contribution in [0.2, 0.25) is 5.02 Å². The van der Waals surface area contributed by atoms with E-state index in [0.717, 1.165) is 31.0 Å². The molecule has 10 heteroatoms. The highest BCUT2D eigenvalue weighted by Crippen LogP contribution is 2.52. The molecule has 8 nitrogen and oxygen atoms in total. The number of carbonyl (C=O) groups is 1. The van der Waals surface area contributed by atoms with Crippen molar-refractivity contribution in [2.24, 2.45) is 28.8 Å². The van der Waals surface area contributed by atoms with Crippen LogP contribution in [0.25, 0.3) is 0 Å². The lowest BCUT2D eigenvalue weighted by molar-refractivity contribution is -0.123. The highest BCUT2D eigenvalue weighted by atomic mass is 35.5. The highest BCUT2D eigenvalue weighted by Gasteiger charge is 2.60. The first-order chi connectivity index (χ1) is 16.2. The summed E-state index contributed by atoms with van der Waals surface area (Å²) in [5.74, 6) is 2.21. The van der Waals surface area contributed by atoms with Gasteiger partial charge in [-0.15, -0.1) is 0 Å². The van der Waals surface area contributed by atoms with Gasteiger partial charge >= 0.3 is 0 Å². The molecule has 182 valence electrons. The maximum absolute atomic E-state index is 12.5. The van der Waals surface area contributed by atoms with Gasteiger partial charge in [0, 0.05) is 38.2 Å². The molecule has 0 radical (unpaired) electrons. The summed E-state index contributed by atoms with van der Waals surface area (Å²) in [6, 6.07) is 7.93. The Morgan fingerprint density at radius 3 is 2.59 bits per heavy atom. The van der Waals surface area contributed by atoms with E-state index in [1.54, 1.807) is 6.07 Å². The minimum atomic E-state index is -3.08. The largest absolute Gasteiger partial charge is 0.358 e. The number of nitrogens with zero attached hydrogens (tertiary/aromatic N) is 4. The summed E-state index contributed by atoms with van der Waals surface area (Å²) in [6.07, 6.45) is 6.97. The maximum atomic E-state index is 12.5. The third-order valence-corrected chi connectivity index (χ3v) is 9.10. The van der Waals surface area contributed by atoms with E-state index in [4.69, 9.17) is 16.7 Å². The number of hydrogen-bond acceptors (Lipinski definition) is 7. The van der Waals surface area contributed by atoms with Crippen LogP contribution in [-0.2, 0) is 14.6 Å². The number of sulfone groups is 1. The molecule has 2 unspecified atom stereocenters. The van der Waals surface area contributed by atoms with Crippen LogP contribution in [0.1, 0.15) is 37.7 Å². The van der Waals surface area contributed by atoms with Gasteiger partial charge in [-0.25, -0.2) is 8.42 Å². The third-order valence-electron chi connectivity index (χ3n) is 7.84. The minimum absolute atomic E-state index is 0.0168. The second kappa shape index (κ2) is 9.04. The summed E-state index contributed by atoms with van der Waals surface area (Å²) < 4.78 is 22.6. The number of nitriles is 1. The molecule has 2 aliphatic carbocycles. The van der Waals surface area contributed by atoms with Gasteiger partial charge in [0.05, 0.1) is 28.1 Å². The summed E-state index contributed by atoms with van der Waals surface area (Å²) >= 11 is 6.33. The Kier molecular flexibility index (Phi) is 6.23. The average Bonchev–Trinajstić information content (AvgIpc) is 3.28. The molecule has 1 amide bonds. The molecule has 0 spiro atoms. The standard InChI is InChI=1S/C24H30ClN5O3S/c1-34(32,33)9-8-27-24(31)23-18-13-29(14-19(18)23)22-11-21(15-4-2-3-5-15)30(28-22)17-7-6-16(12-26)20(25)10-17/h6-7,10,15,18-19,21,23H,2-5,8-9,11,13-14H2,1H3,(H,27,31)/t18-,19+,21?,23?. The van der Waals surface area contributed by atoms with Crippen molar-refractivity contribution in [3.63, 3.8) is 0 Å². The Balaban J connectivity index is 1.25. The number of amidine groups is 1. The molecule has 0 aromatic heterocycles. The lowest BCUT2D eigenvalue weighted by Crippen LogP contribution is -2.37. The zero-order chi connectivity index (χ0) is 24.0. The van der Waals surface area contributed by atoms with Crippen LogP contribution >= 0.6 is 11.6 Å². The first-order valence-corrected chi connectivity index (χ1v) is 14.5.